The van der Waals surface area contributed by atoms with E-state index >= 15 is 0 Å². The highest BCUT2D eigenvalue weighted by atomic mass is 35.5. The zero-order valence-electron chi connectivity index (χ0n) is 9.63. The van der Waals surface area contributed by atoms with Crippen molar-refractivity contribution in [1.29, 1.82) is 5.26 Å². The fraction of sp³-hybridized carbons (Fsp3) is 0.154. The van der Waals surface area contributed by atoms with Crippen molar-refractivity contribution in [2.75, 3.05) is 5.73 Å². The van der Waals surface area contributed by atoms with Crippen molar-refractivity contribution in [2.24, 2.45) is 0 Å². The molecule has 2 nitrogen and oxygen atoms in total. The summed E-state index contributed by atoms with van der Waals surface area (Å²) < 4.78 is 0. The van der Waals surface area contributed by atoms with E-state index < -0.39 is 0 Å². The van der Waals surface area contributed by atoms with Gasteiger partial charge in [0, 0.05) is 11.3 Å². The first-order valence-electron chi connectivity index (χ1n) is 5.24. The van der Waals surface area contributed by atoms with Crippen molar-refractivity contribution in [3.05, 3.63) is 49.8 Å². The fourth-order valence-electron chi connectivity index (χ4n) is 1.73. The number of nitriles is 1. The van der Waals surface area contributed by atoms with Crippen LogP contribution in [-0.2, 0) is 6.42 Å². The van der Waals surface area contributed by atoms with Crippen LogP contribution in [-0.4, -0.2) is 0 Å². The summed E-state index contributed by atoms with van der Waals surface area (Å²) in [5.74, 6) is 0. The average molecular weight is 297 g/mol. The maximum atomic E-state index is 9.00. The van der Waals surface area contributed by atoms with Crippen LogP contribution in [0.4, 0.5) is 5.00 Å². The molecule has 0 atom stereocenters. The fourth-order valence-corrected chi connectivity index (χ4v) is 3.11. The Morgan fingerprint density at radius 2 is 2.06 bits per heavy atom. The lowest BCUT2D eigenvalue weighted by molar-refractivity contribution is 1.20. The number of hydrogen-bond donors (Lipinski definition) is 1. The molecule has 1 aromatic heterocycles. The Bertz CT molecular complexity index is 641. The lowest BCUT2D eigenvalue weighted by Gasteiger charge is -2.02. The zero-order chi connectivity index (χ0) is 13.3. The molecule has 0 aliphatic rings. The van der Waals surface area contributed by atoms with Gasteiger partial charge >= 0.3 is 0 Å². The number of benzene rings is 1. The third-order valence-electron chi connectivity index (χ3n) is 2.73. The van der Waals surface area contributed by atoms with Gasteiger partial charge in [-0.3, -0.25) is 0 Å². The van der Waals surface area contributed by atoms with E-state index in [0.29, 0.717) is 27.0 Å². The SMILES string of the molecule is Cc1c(Cc2ccc(Cl)c(Cl)c2)sc(N)c1C#N. The summed E-state index contributed by atoms with van der Waals surface area (Å²) in [5, 5.41) is 10.7. The average Bonchev–Trinajstić information content (AvgIpc) is 2.59. The third kappa shape index (κ3) is 2.46. The van der Waals surface area contributed by atoms with Crippen LogP contribution in [0.25, 0.3) is 0 Å². The Morgan fingerprint density at radius 3 is 2.61 bits per heavy atom. The van der Waals surface area contributed by atoms with Crippen LogP contribution in [0.5, 0.6) is 0 Å². The Balaban J connectivity index is 2.35. The normalized spacial score (nSPS) is 10.3. The minimum atomic E-state index is 0.539. The van der Waals surface area contributed by atoms with Crippen molar-refractivity contribution >= 4 is 39.5 Å². The van der Waals surface area contributed by atoms with Gasteiger partial charge in [0.05, 0.1) is 15.6 Å². The molecule has 2 N–H and O–H groups in total. The monoisotopic (exact) mass is 296 g/mol. The third-order valence-corrected chi connectivity index (χ3v) is 4.59. The van der Waals surface area contributed by atoms with Gasteiger partial charge in [-0.05, 0) is 30.2 Å². The molecule has 1 heterocycles. The second-order valence-corrected chi connectivity index (χ2v) is 5.88. The van der Waals surface area contributed by atoms with Gasteiger partial charge in [-0.1, -0.05) is 29.3 Å². The van der Waals surface area contributed by atoms with Crippen molar-refractivity contribution in [3.63, 3.8) is 0 Å². The maximum Gasteiger partial charge on any atom is 0.104 e. The number of anilines is 1. The highest BCUT2D eigenvalue weighted by molar-refractivity contribution is 7.16. The summed E-state index contributed by atoms with van der Waals surface area (Å²) in [5.41, 5.74) is 8.39. The van der Waals surface area contributed by atoms with E-state index in [1.165, 1.54) is 11.3 Å². The minimum Gasteiger partial charge on any atom is -0.389 e. The van der Waals surface area contributed by atoms with Gasteiger partial charge < -0.3 is 5.73 Å². The molecular weight excluding hydrogens is 287 g/mol. The predicted molar refractivity (Wildman–Crippen MR) is 77.5 cm³/mol. The molecule has 0 fully saturated rings. The second kappa shape index (κ2) is 5.19. The van der Waals surface area contributed by atoms with Gasteiger partial charge in [0.25, 0.3) is 0 Å². The lowest BCUT2D eigenvalue weighted by Crippen LogP contribution is -1.88. The number of halogens is 2. The van der Waals surface area contributed by atoms with Crippen molar-refractivity contribution < 1.29 is 0 Å². The molecule has 0 aliphatic carbocycles. The largest absolute Gasteiger partial charge is 0.389 e. The van der Waals surface area contributed by atoms with E-state index in [1.807, 2.05) is 19.1 Å². The molecule has 5 heteroatoms. The first kappa shape index (κ1) is 13.2. The molecular formula is C13H10Cl2N2S. The highest BCUT2D eigenvalue weighted by Gasteiger charge is 2.13. The van der Waals surface area contributed by atoms with Gasteiger partial charge in [0.2, 0.25) is 0 Å². The molecule has 0 spiro atoms. The summed E-state index contributed by atoms with van der Waals surface area (Å²) in [7, 11) is 0. The molecule has 18 heavy (non-hydrogen) atoms. The molecule has 1 aromatic carbocycles. The number of nitrogen functional groups attached to an aromatic ring is 1. The van der Waals surface area contributed by atoms with Gasteiger partial charge in [-0.2, -0.15) is 5.26 Å². The standard InChI is InChI=1S/C13H10Cl2N2S/c1-7-9(6-16)13(17)18-12(7)5-8-2-3-10(14)11(15)4-8/h2-4H,5,17H2,1H3. The summed E-state index contributed by atoms with van der Waals surface area (Å²) in [6.07, 6.45) is 0.708. The quantitative estimate of drug-likeness (QED) is 0.892. The number of nitrogens with zero attached hydrogens (tertiary/aromatic N) is 1. The van der Waals surface area contributed by atoms with Crippen LogP contribution in [0.2, 0.25) is 10.0 Å². The summed E-state index contributed by atoms with van der Waals surface area (Å²) >= 11 is 13.3. The summed E-state index contributed by atoms with van der Waals surface area (Å²) in [4.78, 5) is 1.09. The molecule has 2 rings (SSSR count). The zero-order valence-corrected chi connectivity index (χ0v) is 12.0. The van der Waals surface area contributed by atoms with Crippen LogP contribution < -0.4 is 5.73 Å². The van der Waals surface area contributed by atoms with E-state index in [2.05, 4.69) is 6.07 Å². The molecule has 2 aromatic rings. The topological polar surface area (TPSA) is 49.8 Å². The van der Waals surface area contributed by atoms with E-state index in [-0.39, 0.29) is 0 Å². The van der Waals surface area contributed by atoms with Crippen LogP contribution in [0, 0.1) is 18.3 Å². The Kier molecular flexibility index (Phi) is 3.82. The molecule has 0 bridgehead atoms. The Morgan fingerprint density at radius 1 is 1.33 bits per heavy atom. The maximum absolute atomic E-state index is 9.00. The summed E-state index contributed by atoms with van der Waals surface area (Å²) in [6.45, 7) is 1.91. The van der Waals surface area contributed by atoms with E-state index in [0.717, 1.165) is 16.0 Å². The highest BCUT2D eigenvalue weighted by Crippen LogP contribution is 2.32. The van der Waals surface area contributed by atoms with Crippen LogP contribution in [0.3, 0.4) is 0 Å². The molecule has 0 saturated heterocycles. The molecule has 0 aliphatic heterocycles. The van der Waals surface area contributed by atoms with Gasteiger partial charge in [0.1, 0.15) is 11.1 Å². The molecule has 0 radical (unpaired) electrons. The number of nitrogens with two attached hydrogens (primary N) is 1. The van der Waals surface area contributed by atoms with E-state index in [9.17, 15) is 0 Å². The predicted octanol–water partition coefficient (Wildman–Crippen LogP) is 4.41. The summed E-state index contributed by atoms with van der Waals surface area (Å²) in [6, 6.07) is 7.67. The van der Waals surface area contributed by atoms with Crippen LogP contribution >= 0.6 is 34.5 Å². The smallest absolute Gasteiger partial charge is 0.104 e. The second-order valence-electron chi connectivity index (χ2n) is 3.93. The lowest BCUT2D eigenvalue weighted by atomic mass is 10.1. The number of thiophene rings is 1. The first-order chi connectivity index (χ1) is 8.52. The van der Waals surface area contributed by atoms with Gasteiger partial charge in [0.15, 0.2) is 0 Å². The minimum absolute atomic E-state index is 0.539. The van der Waals surface area contributed by atoms with Crippen molar-refractivity contribution in [2.45, 2.75) is 13.3 Å². The Labute approximate surface area is 120 Å². The molecule has 0 amide bonds. The van der Waals surface area contributed by atoms with Crippen LogP contribution in [0.15, 0.2) is 18.2 Å². The van der Waals surface area contributed by atoms with Crippen molar-refractivity contribution in [1.82, 2.24) is 0 Å². The molecule has 0 unspecified atom stereocenters. The first-order valence-corrected chi connectivity index (χ1v) is 6.82. The van der Waals surface area contributed by atoms with Gasteiger partial charge in [-0.15, -0.1) is 11.3 Å². The Hall–Kier alpha value is -1.21. The van der Waals surface area contributed by atoms with Crippen molar-refractivity contribution in [3.8, 4) is 6.07 Å². The van der Waals surface area contributed by atoms with Gasteiger partial charge in [-0.25, -0.2) is 0 Å². The number of hydrogen-bond acceptors (Lipinski definition) is 3. The molecule has 92 valence electrons. The molecule has 0 saturated carbocycles. The van der Waals surface area contributed by atoms with E-state index in [1.54, 1.807) is 6.07 Å². The van der Waals surface area contributed by atoms with Crippen LogP contribution in [0.1, 0.15) is 21.6 Å². The number of rotatable bonds is 2. The van der Waals surface area contributed by atoms with E-state index in [4.69, 9.17) is 34.2 Å².